The van der Waals surface area contributed by atoms with Gasteiger partial charge in [0.2, 0.25) is 0 Å². The molecule has 0 aromatic heterocycles. The number of aliphatic hydroxyl groups is 1. The van der Waals surface area contributed by atoms with Crippen LogP contribution in [0.25, 0.3) is 0 Å². The molecule has 3 nitrogen and oxygen atoms in total. The predicted octanol–water partition coefficient (Wildman–Crippen LogP) is 2.99. The molecule has 1 aliphatic carbocycles. The Balaban J connectivity index is 2.19. The van der Waals surface area contributed by atoms with E-state index in [1.54, 1.807) is 12.1 Å². The summed E-state index contributed by atoms with van der Waals surface area (Å²) >= 11 is 0. The molecule has 0 aliphatic heterocycles. The number of hydrogen-bond acceptors (Lipinski definition) is 3. The Labute approximate surface area is 112 Å². The van der Waals surface area contributed by atoms with Gasteiger partial charge in [0.1, 0.15) is 5.82 Å². The molecule has 0 radical (unpaired) electrons. The summed E-state index contributed by atoms with van der Waals surface area (Å²) in [7, 11) is 0. The van der Waals surface area contributed by atoms with E-state index in [4.69, 9.17) is 5.11 Å². The summed E-state index contributed by atoms with van der Waals surface area (Å²) in [5.74, 6) is -0.348. The van der Waals surface area contributed by atoms with Crippen LogP contribution in [0.1, 0.15) is 43.0 Å². The molecular formula is C15H20FNO2. The molecule has 0 heterocycles. The third-order valence-corrected chi connectivity index (χ3v) is 3.87. The summed E-state index contributed by atoms with van der Waals surface area (Å²) in [4.78, 5) is 11.5. The zero-order chi connectivity index (χ0) is 13.8. The Morgan fingerprint density at radius 3 is 2.95 bits per heavy atom. The third-order valence-electron chi connectivity index (χ3n) is 3.87. The SMILES string of the molecule is CC(=O)c1c(F)cccc1NC1CCCC1CCO. The van der Waals surface area contributed by atoms with Crippen LogP contribution in [0.4, 0.5) is 10.1 Å². The number of nitrogens with one attached hydrogen (secondary N) is 1. The zero-order valence-electron chi connectivity index (χ0n) is 11.2. The molecule has 2 atom stereocenters. The highest BCUT2D eigenvalue weighted by Gasteiger charge is 2.27. The van der Waals surface area contributed by atoms with Crippen LogP contribution in [-0.4, -0.2) is 23.5 Å². The number of aliphatic hydroxyl groups excluding tert-OH is 1. The van der Waals surface area contributed by atoms with Crippen LogP contribution in [0.3, 0.4) is 0 Å². The van der Waals surface area contributed by atoms with E-state index in [1.165, 1.54) is 13.0 Å². The summed E-state index contributed by atoms with van der Waals surface area (Å²) < 4.78 is 13.7. The largest absolute Gasteiger partial charge is 0.396 e. The molecule has 0 saturated heterocycles. The number of carbonyl (C=O) groups excluding carboxylic acids is 1. The van der Waals surface area contributed by atoms with E-state index in [2.05, 4.69) is 5.32 Å². The van der Waals surface area contributed by atoms with Crippen LogP contribution in [-0.2, 0) is 0 Å². The number of benzene rings is 1. The van der Waals surface area contributed by atoms with Gasteiger partial charge in [0.15, 0.2) is 5.78 Å². The van der Waals surface area contributed by atoms with E-state index in [0.29, 0.717) is 11.6 Å². The first kappa shape index (κ1) is 14.0. The molecule has 2 rings (SSSR count). The fraction of sp³-hybridized carbons (Fsp3) is 0.533. The minimum atomic E-state index is -0.478. The van der Waals surface area contributed by atoms with Crippen molar-refractivity contribution in [1.29, 1.82) is 0 Å². The Kier molecular flexibility index (Phi) is 4.53. The molecule has 4 heteroatoms. The van der Waals surface area contributed by atoms with Gasteiger partial charge < -0.3 is 10.4 Å². The highest BCUT2D eigenvalue weighted by Crippen LogP contribution is 2.32. The van der Waals surface area contributed by atoms with Crippen molar-refractivity contribution in [2.24, 2.45) is 5.92 Å². The Bertz CT molecular complexity index is 461. The topological polar surface area (TPSA) is 49.3 Å². The maximum absolute atomic E-state index is 13.7. The number of carbonyl (C=O) groups is 1. The first-order valence-electron chi connectivity index (χ1n) is 6.80. The minimum Gasteiger partial charge on any atom is -0.396 e. The maximum atomic E-state index is 13.7. The van der Waals surface area contributed by atoms with Crippen molar-refractivity contribution in [2.45, 2.75) is 38.6 Å². The number of rotatable bonds is 5. The number of hydrogen-bond donors (Lipinski definition) is 2. The van der Waals surface area contributed by atoms with Crippen LogP contribution in [0.5, 0.6) is 0 Å². The molecule has 0 spiro atoms. The molecule has 1 aliphatic rings. The maximum Gasteiger partial charge on any atom is 0.164 e. The first-order chi connectivity index (χ1) is 9.13. The molecule has 1 fully saturated rings. The highest BCUT2D eigenvalue weighted by atomic mass is 19.1. The average molecular weight is 265 g/mol. The van der Waals surface area contributed by atoms with E-state index in [-0.39, 0.29) is 24.0 Å². The Morgan fingerprint density at radius 1 is 1.47 bits per heavy atom. The summed E-state index contributed by atoms with van der Waals surface area (Å²) in [6.07, 6.45) is 3.93. The summed E-state index contributed by atoms with van der Waals surface area (Å²) in [5.41, 5.74) is 0.708. The quantitative estimate of drug-likeness (QED) is 0.805. The van der Waals surface area contributed by atoms with Crippen molar-refractivity contribution in [3.05, 3.63) is 29.6 Å². The van der Waals surface area contributed by atoms with Crippen molar-refractivity contribution in [3.8, 4) is 0 Å². The second-order valence-corrected chi connectivity index (χ2v) is 5.17. The lowest BCUT2D eigenvalue weighted by atomic mass is 9.99. The molecule has 19 heavy (non-hydrogen) atoms. The lowest BCUT2D eigenvalue weighted by Gasteiger charge is -2.22. The molecule has 0 bridgehead atoms. The molecule has 1 saturated carbocycles. The predicted molar refractivity (Wildman–Crippen MR) is 72.9 cm³/mol. The van der Waals surface area contributed by atoms with E-state index < -0.39 is 5.82 Å². The van der Waals surface area contributed by atoms with Crippen molar-refractivity contribution in [3.63, 3.8) is 0 Å². The lowest BCUT2D eigenvalue weighted by Crippen LogP contribution is -2.25. The molecular weight excluding hydrogens is 245 g/mol. The van der Waals surface area contributed by atoms with Gasteiger partial charge in [-0.3, -0.25) is 4.79 Å². The second kappa shape index (κ2) is 6.15. The van der Waals surface area contributed by atoms with Gasteiger partial charge in [-0.25, -0.2) is 4.39 Å². The van der Waals surface area contributed by atoms with Crippen LogP contribution < -0.4 is 5.32 Å². The van der Waals surface area contributed by atoms with Crippen LogP contribution in [0.2, 0.25) is 0 Å². The van der Waals surface area contributed by atoms with Crippen molar-refractivity contribution in [2.75, 3.05) is 11.9 Å². The fourth-order valence-electron chi connectivity index (χ4n) is 2.94. The second-order valence-electron chi connectivity index (χ2n) is 5.17. The number of halogens is 1. The van der Waals surface area contributed by atoms with Crippen LogP contribution in [0.15, 0.2) is 18.2 Å². The Morgan fingerprint density at radius 2 is 2.26 bits per heavy atom. The van der Waals surface area contributed by atoms with Crippen molar-refractivity contribution >= 4 is 11.5 Å². The van der Waals surface area contributed by atoms with E-state index in [9.17, 15) is 9.18 Å². The molecule has 0 amide bonds. The number of anilines is 1. The number of ketones is 1. The minimum absolute atomic E-state index is 0.136. The van der Waals surface area contributed by atoms with Gasteiger partial charge in [-0.2, -0.15) is 0 Å². The highest BCUT2D eigenvalue weighted by molar-refractivity contribution is 5.99. The van der Waals surface area contributed by atoms with Gasteiger partial charge in [0.25, 0.3) is 0 Å². The molecule has 104 valence electrons. The third kappa shape index (κ3) is 3.13. The van der Waals surface area contributed by atoms with Crippen molar-refractivity contribution < 1.29 is 14.3 Å². The van der Waals surface area contributed by atoms with Crippen LogP contribution in [0, 0.1) is 11.7 Å². The van der Waals surface area contributed by atoms with Crippen molar-refractivity contribution in [1.82, 2.24) is 0 Å². The molecule has 1 aromatic carbocycles. The monoisotopic (exact) mass is 265 g/mol. The normalized spacial score (nSPS) is 22.5. The van der Waals surface area contributed by atoms with Gasteiger partial charge in [0, 0.05) is 18.3 Å². The molecule has 1 aromatic rings. The Hall–Kier alpha value is -1.42. The summed E-state index contributed by atoms with van der Waals surface area (Å²) in [6, 6.07) is 4.88. The van der Waals surface area contributed by atoms with E-state index in [0.717, 1.165) is 25.7 Å². The number of Topliss-reactive ketones (excluding diaryl/α,β-unsaturated/α-hetero) is 1. The zero-order valence-corrected chi connectivity index (χ0v) is 11.2. The molecule has 2 unspecified atom stereocenters. The van der Waals surface area contributed by atoms with Gasteiger partial charge in [-0.1, -0.05) is 12.5 Å². The van der Waals surface area contributed by atoms with Gasteiger partial charge in [0.05, 0.1) is 5.56 Å². The summed E-state index contributed by atoms with van der Waals surface area (Å²) in [5, 5.41) is 12.4. The first-order valence-corrected chi connectivity index (χ1v) is 6.80. The lowest BCUT2D eigenvalue weighted by molar-refractivity contribution is 0.101. The van der Waals surface area contributed by atoms with Crippen LogP contribution >= 0.6 is 0 Å². The van der Waals surface area contributed by atoms with Gasteiger partial charge in [-0.05, 0) is 44.2 Å². The van der Waals surface area contributed by atoms with E-state index >= 15 is 0 Å². The standard InChI is InChI=1S/C15H20FNO2/c1-10(19)15-12(16)5-3-7-14(15)17-13-6-2-4-11(13)8-9-18/h3,5,7,11,13,17-18H,2,4,6,8-9H2,1H3. The summed E-state index contributed by atoms with van der Waals surface area (Å²) in [6.45, 7) is 1.55. The average Bonchev–Trinajstić information content (AvgIpc) is 2.77. The smallest absolute Gasteiger partial charge is 0.164 e. The molecule has 2 N–H and O–H groups in total. The van der Waals surface area contributed by atoms with Gasteiger partial charge in [-0.15, -0.1) is 0 Å². The van der Waals surface area contributed by atoms with E-state index in [1.807, 2.05) is 0 Å². The van der Waals surface area contributed by atoms with Gasteiger partial charge >= 0.3 is 0 Å². The fourth-order valence-corrected chi connectivity index (χ4v) is 2.94.